The quantitative estimate of drug-likeness (QED) is 0.746. The summed E-state index contributed by atoms with van der Waals surface area (Å²) in [6, 6.07) is 8.03. The van der Waals surface area contributed by atoms with Gasteiger partial charge in [0.05, 0.1) is 18.9 Å². The zero-order chi connectivity index (χ0) is 19.0. The fourth-order valence-electron chi connectivity index (χ4n) is 3.27. The summed E-state index contributed by atoms with van der Waals surface area (Å²) < 4.78 is 27.7. The molecule has 0 saturated carbocycles. The highest BCUT2D eigenvalue weighted by Crippen LogP contribution is 2.25. The van der Waals surface area contributed by atoms with Crippen LogP contribution in [0, 0.1) is 0 Å². The Morgan fingerprint density at radius 3 is 2.31 bits per heavy atom. The van der Waals surface area contributed by atoms with Gasteiger partial charge in [0, 0.05) is 19.2 Å². The summed E-state index contributed by atoms with van der Waals surface area (Å²) in [6.07, 6.45) is 5.97. The van der Waals surface area contributed by atoms with Gasteiger partial charge in [-0.1, -0.05) is 25.0 Å². The molecule has 146 valence electrons. The van der Waals surface area contributed by atoms with Gasteiger partial charge in [0.15, 0.2) is 0 Å². The van der Waals surface area contributed by atoms with Crippen molar-refractivity contribution in [1.29, 1.82) is 0 Å². The first-order valence-corrected chi connectivity index (χ1v) is 11.3. The molecule has 1 unspecified atom stereocenters. The Morgan fingerprint density at radius 2 is 1.77 bits per heavy atom. The van der Waals surface area contributed by atoms with Gasteiger partial charge < -0.3 is 10.1 Å². The lowest BCUT2D eigenvalue weighted by Gasteiger charge is -2.31. The van der Waals surface area contributed by atoms with Gasteiger partial charge in [0.1, 0.15) is 15.6 Å². The summed E-state index contributed by atoms with van der Waals surface area (Å²) in [5.41, 5.74) is 1.14. The number of rotatable bonds is 8. The summed E-state index contributed by atoms with van der Waals surface area (Å²) in [7, 11) is -1.49. The molecule has 1 fully saturated rings. The molecule has 1 aliphatic heterocycles. The molecule has 1 atom stereocenters. The number of hydrogen-bond acceptors (Lipinski definition) is 5. The van der Waals surface area contributed by atoms with Crippen LogP contribution in [0.4, 0.5) is 0 Å². The van der Waals surface area contributed by atoms with Gasteiger partial charge in [0.2, 0.25) is 5.91 Å². The van der Waals surface area contributed by atoms with Crippen molar-refractivity contribution >= 4 is 15.7 Å². The van der Waals surface area contributed by atoms with E-state index in [-0.39, 0.29) is 24.1 Å². The number of nitrogens with one attached hydrogen (secondary N) is 1. The van der Waals surface area contributed by atoms with Crippen molar-refractivity contribution in [3.8, 4) is 5.75 Å². The normalized spacial score (nSPS) is 17.3. The minimum absolute atomic E-state index is 0.00810. The molecule has 6 nitrogen and oxygen atoms in total. The number of sulfone groups is 1. The van der Waals surface area contributed by atoms with Gasteiger partial charge >= 0.3 is 0 Å². The Labute approximate surface area is 156 Å². The minimum Gasteiger partial charge on any atom is -0.497 e. The van der Waals surface area contributed by atoms with E-state index >= 15 is 0 Å². The number of nitrogens with zero attached hydrogens (tertiary/aromatic N) is 1. The third-order valence-electron chi connectivity index (χ3n) is 4.77. The Balaban J connectivity index is 2.05. The number of benzene rings is 1. The van der Waals surface area contributed by atoms with E-state index in [0.717, 1.165) is 43.5 Å². The zero-order valence-corrected chi connectivity index (χ0v) is 16.6. The van der Waals surface area contributed by atoms with E-state index in [1.807, 2.05) is 24.3 Å². The number of ether oxygens (including phenoxy) is 1. The highest BCUT2D eigenvalue weighted by Gasteiger charge is 2.22. The highest BCUT2D eigenvalue weighted by molar-refractivity contribution is 7.90. The monoisotopic (exact) mass is 382 g/mol. The summed E-state index contributed by atoms with van der Waals surface area (Å²) in [4.78, 5) is 14.5. The topological polar surface area (TPSA) is 75.7 Å². The lowest BCUT2D eigenvalue weighted by atomic mass is 10.0. The number of amides is 1. The number of likely N-dealkylation sites (tertiary alicyclic amines) is 1. The number of hydrogen-bond donors (Lipinski definition) is 1. The molecule has 1 amide bonds. The number of methoxy groups -OCH3 is 1. The van der Waals surface area contributed by atoms with Crippen LogP contribution in [0.3, 0.4) is 0 Å². The van der Waals surface area contributed by atoms with E-state index < -0.39 is 9.84 Å². The molecule has 0 aromatic heterocycles. The van der Waals surface area contributed by atoms with Crippen molar-refractivity contribution in [2.24, 2.45) is 0 Å². The largest absolute Gasteiger partial charge is 0.497 e. The van der Waals surface area contributed by atoms with Crippen molar-refractivity contribution in [2.75, 3.05) is 38.8 Å². The lowest BCUT2D eigenvalue weighted by Crippen LogP contribution is -2.39. The van der Waals surface area contributed by atoms with Crippen LogP contribution < -0.4 is 10.1 Å². The van der Waals surface area contributed by atoms with Crippen LogP contribution in [0.1, 0.15) is 43.7 Å². The molecule has 0 spiro atoms. The Morgan fingerprint density at radius 1 is 1.15 bits per heavy atom. The van der Waals surface area contributed by atoms with Crippen molar-refractivity contribution in [3.05, 3.63) is 29.8 Å². The summed E-state index contributed by atoms with van der Waals surface area (Å²) in [5.74, 6) is 0.472. The van der Waals surface area contributed by atoms with Gasteiger partial charge in [-0.15, -0.1) is 0 Å². The second-order valence-electron chi connectivity index (χ2n) is 6.92. The fourth-order valence-corrected chi connectivity index (χ4v) is 3.82. The standard InChI is InChI=1S/C19H30N2O4S/c1-25-17-9-7-16(8-10-17)18(21-12-5-3-4-6-13-21)15-20-19(22)11-14-26(2,23)24/h7-10,18H,3-6,11-15H2,1-2H3,(H,20,22). The summed E-state index contributed by atoms with van der Waals surface area (Å²) in [5, 5.41) is 2.92. The maximum absolute atomic E-state index is 12.1. The molecule has 7 heteroatoms. The Bertz CT molecular complexity index is 665. The molecule has 1 aliphatic rings. The van der Waals surface area contributed by atoms with E-state index in [0.29, 0.717) is 6.54 Å². The molecule has 1 N–H and O–H groups in total. The molecular weight excluding hydrogens is 352 g/mol. The lowest BCUT2D eigenvalue weighted by molar-refractivity contribution is -0.121. The molecule has 2 rings (SSSR count). The second-order valence-corrected chi connectivity index (χ2v) is 9.18. The van der Waals surface area contributed by atoms with E-state index in [1.54, 1.807) is 7.11 Å². The molecule has 1 aromatic carbocycles. The van der Waals surface area contributed by atoms with Crippen LogP contribution in [-0.2, 0) is 14.6 Å². The number of carbonyl (C=O) groups is 1. The number of carbonyl (C=O) groups excluding carboxylic acids is 1. The Hall–Kier alpha value is -1.60. The first-order chi connectivity index (χ1) is 12.4. The van der Waals surface area contributed by atoms with E-state index in [4.69, 9.17) is 4.74 Å². The van der Waals surface area contributed by atoms with Gasteiger partial charge in [0.25, 0.3) is 0 Å². The molecule has 0 bridgehead atoms. The molecule has 0 aliphatic carbocycles. The SMILES string of the molecule is COc1ccc(C(CNC(=O)CCS(C)(=O)=O)N2CCCCCC2)cc1. The molecule has 1 heterocycles. The molecular formula is C19H30N2O4S. The van der Waals surface area contributed by atoms with Gasteiger partial charge in [-0.05, 0) is 43.6 Å². The zero-order valence-electron chi connectivity index (χ0n) is 15.7. The van der Waals surface area contributed by atoms with Gasteiger partial charge in [-0.25, -0.2) is 8.42 Å². The van der Waals surface area contributed by atoms with E-state index in [9.17, 15) is 13.2 Å². The van der Waals surface area contributed by atoms with Crippen molar-refractivity contribution in [2.45, 2.75) is 38.1 Å². The Kier molecular flexibility index (Phi) is 7.90. The fraction of sp³-hybridized carbons (Fsp3) is 0.632. The summed E-state index contributed by atoms with van der Waals surface area (Å²) in [6.45, 7) is 2.50. The average Bonchev–Trinajstić information content (AvgIpc) is 2.89. The van der Waals surface area contributed by atoms with E-state index in [1.165, 1.54) is 12.8 Å². The van der Waals surface area contributed by atoms with Crippen LogP contribution >= 0.6 is 0 Å². The second kappa shape index (κ2) is 9.92. The van der Waals surface area contributed by atoms with Crippen LogP contribution in [0.25, 0.3) is 0 Å². The third-order valence-corrected chi connectivity index (χ3v) is 5.72. The molecule has 1 saturated heterocycles. The average molecular weight is 383 g/mol. The van der Waals surface area contributed by atoms with Gasteiger partial charge in [-0.3, -0.25) is 9.69 Å². The predicted molar refractivity (Wildman–Crippen MR) is 103 cm³/mol. The smallest absolute Gasteiger partial charge is 0.221 e. The van der Waals surface area contributed by atoms with Crippen LogP contribution in [0.2, 0.25) is 0 Å². The summed E-state index contributed by atoms with van der Waals surface area (Å²) >= 11 is 0. The van der Waals surface area contributed by atoms with Crippen LogP contribution in [0.15, 0.2) is 24.3 Å². The molecule has 1 aromatic rings. The van der Waals surface area contributed by atoms with Crippen LogP contribution in [0.5, 0.6) is 5.75 Å². The van der Waals surface area contributed by atoms with Crippen molar-refractivity contribution < 1.29 is 17.9 Å². The maximum atomic E-state index is 12.1. The first-order valence-electron chi connectivity index (χ1n) is 9.21. The highest BCUT2D eigenvalue weighted by atomic mass is 32.2. The predicted octanol–water partition coefficient (Wildman–Crippen LogP) is 2.16. The van der Waals surface area contributed by atoms with E-state index in [2.05, 4.69) is 10.2 Å². The van der Waals surface area contributed by atoms with Gasteiger partial charge in [-0.2, -0.15) is 0 Å². The first kappa shape index (κ1) is 20.7. The molecule has 0 radical (unpaired) electrons. The molecule has 26 heavy (non-hydrogen) atoms. The maximum Gasteiger partial charge on any atom is 0.221 e. The third kappa shape index (κ3) is 6.96. The minimum atomic E-state index is -3.13. The van der Waals surface area contributed by atoms with Crippen molar-refractivity contribution in [3.63, 3.8) is 0 Å². The van der Waals surface area contributed by atoms with Crippen LogP contribution in [-0.4, -0.2) is 58.0 Å². The van der Waals surface area contributed by atoms with Crippen molar-refractivity contribution in [1.82, 2.24) is 10.2 Å².